The average molecular weight is 421 g/mol. The first-order chi connectivity index (χ1) is 15.0. The highest BCUT2D eigenvalue weighted by Crippen LogP contribution is 2.34. The lowest BCUT2D eigenvalue weighted by atomic mass is 10.1. The van der Waals surface area contributed by atoms with Gasteiger partial charge in [-0.1, -0.05) is 42.5 Å². The predicted octanol–water partition coefficient (Wildman–Crippen LogP) is 5.46. The minimum atomic E-state index is -4.47. The summed E-state index contributed by atoms with van der Waals surface area (Å²) >= 11 is 0. The Morgan fingerprint density at radius 2 is 1.74 bits per heavy atom. The number of halogens is 3. The van der Waals surface area contributed by atoms with E-state index in [9.17, 15) is 13.2 Å². The molecule has 0 aliphatic rings. The maximum absolute atomic E-state index is 13.2. The fourth-order valence-corrected chi connectivity index (χ4v) is 3.11. The second kappa shape index (κ2) is 8.83. The summed E-state index contributed by atoms with van der Waals surface area (Å²) in [6.07, 6.45) is 2.13. The van der Waals surface area contributed by atoms with Crippen LogP contribution in [0.4, 0.5) is 18.9 Å². The maximum atomic E-state index is 13.2. The van der Waals surface area contributed by atoms with Crippen molar-refractivity contribution in [2.45, 2.75) is 12.7 Å². The fourth-order valence-electron chi connectivity index (χ4n) is 3.11. The van der Waals surface area contributed by atoms with Crippen LogP contribution >= 0.6 is 0 Å². The molecule has 2 heterocycles. The van der Waals surface area contributed by atoms with Gasteiger partial charge in [0.2, 0.25) is 0 Å². The van der Waals surface area contributed by atoms with E-state index in [1.807, 2.05) is 36.4 Å². The average Bonchev–Trinajstić information content (AvgIpc) is 3.17. The first-order valence-corrected chi connectivity index (χ1v) is 9.48. The van der Waals surface area contributed by atoms with E-state index in [-0.39, 0.29) is 5.69 Å². The third-order valence-corrected chi connectivity index (χ3v) is 4.53. The quantitative estimate of drug-likeness (QED) is 0.332. The molecule has 2 aromatic heterocycles. The van der Waals surface area contributed by atoms with Gasteiger partial charge in [-0.15, -0.1) is 0 Å². The molecule has 0 saturated carbocycles. The molecule has 0 aliphatic heterocycles. The Bertz CT molecular complexity index is 1170. The van der Waals surface area contributed by atoms with Crippen molar-refractivity contribution in [2.75, 3.05) is 5.43 Å². The number of nitrogens with zero attached hydrogens (tertiary/aromatic N) is 4. The molecular formula is C23H18F3N5. The summed E-state index contributed by atoms with van der Waals surface area (Å²) in [4.78, 5) is 4.13. The summed E-state index contributed by atoms with van der Waals surface area (Å²) in [7, 11) is 0. The molecule has 0 fully saturated rings. The first kappa shape index (κ1) is 20.3. The molecule has 31 heavy (non-hydrogen) atoms. The molecule has 0 atom stereocenters. The Hall–Kier alpha value is -3.94. The molecule has 2 aromatic carbocycles. The van der Waals surface area contributed by atoms with Gasteiger partial charge >= 0.3 is 6.18 Å². The van der Waals surface area contributed by atoms with Gasteiger partial charge in [0.05, 0.1) is 24.0 Å². The molecule has 0 aliphatic carbocycles. The van der Waals surface area contributed by atoms with Crippen LogP contribution in [-0.4, -0.2) is 21.0 Å². The maximum Gasteiger partial charge on any atom is 0.418 e. The van der Waals surface area contributed by atoms with Crippen molar-refractivity contribution in [1.82, 2.24) is 14.8 Å². The number of hydrazone groups is 1. The van der Waals surface area contributed by atoms with E-state index in [1.165, 1.54) is 24.4 Å². The topological polar surface area (TPSA) is 55.1 Å². The zero-order valence-corrected chi connectivity index (χ0v) is 16.3. The van der Waals surface area contributed by atoms with Crippen molar-refractivity contribution < 1.29 is 13.2 Å². The zero-order chi connectivity index (χ0) is 21.7. The van der Waals surface area contributed by atoms with E-state index in [2.05, 4.69) is 20.6 Å². The number of para-hydroxylation sites is 1. The summed E-state index contributed by atoms with van der Waals surface area (Å²) in [6.45, 7) is 0.548. The van der Waals surface area contributed by atoms with Gasteiger partial charge in [-0.2, -0.15) is 23.4 Å². The molecular weight excluding hydrogens is 403 g/mol. The molecule has 5 nitrogen and oxygen atoms in total. The highest BCUT2D eigenvalue weighted by atomic mass is 19.4. The van der Waals surface area contributed by atoms with E-state index < -0.39 is 11.7 Å². The third-order valence-electron chi connectivity index (χ3n) is 4.53. The van der Waals surface area contributed by atoms with Crippen molar-refractivity contribution >= 4 is 11.9 Å². The standard InChI is InChI=1S/C23H18F3N5/c24-23(25,26)20-10-4-5-11-21(20)29-28-14-19-16-31(15-17-7-2-1-3-8-17)30-22(19)18-9-6-12-27-13-18/h1-14,16,29H,15H2/b28-14+. The Kier molecular flexibility index (Phi) is 5.79. The van der Waals surface area contributed by atoms with Gasteiger partial charge in [0, 0.05) is 29.7 Å². The molecule has 156 valence electrons. The van der Waals surface area contributed by atoms with Crippen LogP contribution in [0.2, 0.25) is 0 Å². The van der Waals surface area contributed by atoms with E-state index in [0.29, 0.717) is 17.8 Å². The van der Waals surface area contributed by atoms with Crippen LogP contribution < -0.4 is 5.43 Å². The van der Waals surface area contributed by atoms with E-state index >= 15 is 0 Å². The van der Waals surface area contributed by atoms with Crippen molar-refractivity contribution in [2.24, 2.45) is 5.10 Å². The summed E-state index contributed by atoms with van der Waals surface area (Å²) in [5.41, 5.74) is 4.75. The zero-order valence-electron chi connectivity index (χ0n) is 16.3. The summed E-state index contributed by atoms with van der Waals surface area (Å²) in [5, 5.41) is 8.68. The number of pyridine rings is 1. The van der Waals surface area contributed by atoms with Crippen LogP contribution in [0.25, 0.3) is 11.3 Å². The number of nitrogens with one attached hydrogen (secondary N) is 1. The lowest BCUT2D eigenvalue weighted by Crippen LogP contribution is -2.08. The molecule has 0 radical (unpaired) electrons. The van der Waals surface area contributed by atoms with Crippen molar-refractivity contribution in [3.05, 3.63) is 102 Å². The van der Waals surface area contributed by atoms with Crippen LogP contribution in [0, 0.1) is 0 Å². The van der Waals surface area contributed by atoms with Gasteiger partial charge in [0.1, 0.15) is 5.69 Å². The van der Waals surface area contributed by atoms with Crippen LogP contribution in [0.1, 0.15) is 16.7 Å². The smallest absolute Gasteiger partial charge is 0.278 e. The Morgan fingerprint density at radius 3 is 2.48 bits per heavy atom. The highest BCUT2D eigenvalue weighted by Gasteiger charge is 2.33. The normalized spacial score (nSPS) is 11.7. The van der Waals surface area contributed by atoms with Gasteiger partial charge in [-0.3, -0.25) is 15.1 Å². The minimum Gasteiger partial charge on any atom is -0.278 e. The fraction of sp³-hybridized carbons (Fsp3) is 0.0870. The molecule has 0 spiro atoms. The molecule has 0 saturated heterocycles. The van der Waals surface area contributed by atoms with Gasteiger partial charge in [-0.05, 0) is 29.8 Å². The second-order valence-electron chi connectivity index (χ2n) is 6.77. The van der Waals surface area contributed by atoms with Crippen molar-refractivity contribution in [3.8, 4) is 11.3 Å². The molecule has 0 unspecified atom stereocenters. The Balaban J connectivity index is 1.63. The number of rotatable bonds is 6. The molecule has 8 heteroatoms. The number of alkyl halides is 3. The summed E-state index contributed by atoms with van der Waals surface area (Å²) in [5.74, 6) is 0. The SMILES string of the molecule is FC(F)(F)c1ccccc1N/N=C/c1cn(Cc2ccccc2)nc1-c1cccnc1. The molecule has 4 aromatic rings. The first-order valence-electron chi connectivity index (χ1n) is 9.48. The van der Waals surface area contributed by atoms with Crippen molar-refractivity contribution in [3.63, 3.8) is 0 Å². The molecule has 0 bridgehead atoms. The lowest BCUT2D eigenvalue weighted by Gasteiger charge is -2.11. The van der Waals surface area contributed by atoms with Gasteiger partial charge in [-0.25, -0.2) is 0 Å². The van der Waals surface area contributed by atoms with Crippen LogP contribution in [0.5, 0.6) is 0 Å². The number of hydrogen-bond acceptors (Lipinski definition) is 4. The second-order valence-corrected chi connectivity index (χ2v) is 6.77. The van der Waals surface area contributed by atoms with Crippen LogP contribution in [0.3, 0.4) is 0 Å². The van der Waals surface area contributed by atoms with Crippen LogP contribution in [0.15, 0.2) is 90.4 Å². The largest absolute Gasteiger partial charge is 0.418 e. The van der Waals surface area contributed by atoms with E-state index in [0.717, 1.165) is 17.2 Å². The van der Waals surface area contributed by atoms with Crippen molar-refractivity contribution in [1.29, 1.82) is 0 Å². The monoisotopic (exact) mass is 421 g/mol. The summed E-state index contributed by atoms with van der Waals surface area (Å²) < 4.78 is 41.3. The lowest BCUT2D eigenvalue weighted by molar-refractivity contribution is -0.136. The predicted molar refractivity (Wildman–Crippen MR) is 114 cm³/mol. The number of aromatic nitrogens is 3. The van der Waals surface area contributed by atoms with Gasteiger partial charge < -0.3 is 0 Å². The number of anilines is 1. The van der Waals surface area contributed by atoms with E-state index in [1.54, 1.807) is 29.3 Å². The third kappa shape index (κ3) is 4.98. The van der Waals surface area contributed by atoms with E-state index in [4.69, 9.17) is 0 Å². The number of hydrogen-bond donors (Lipinski definition) is 1. The number of benzene rings is 2. The van der Waals surface area contributed by atoms with Gasteiger partial charge in [0.15, 0.2) is 0 Å². The Morgan fingerprint density at radius 1 is 0.968 bits per heavy atom. The Labute approximate surface area is 176 Å². The molecule has 4 rings (SSSR count). The highest BCUT2D eigenvalue weighted by molar-refractivity contribution is 5.88. The van der Waals surface area contributed by atoms with Gasteiger partial charge in [0.25, 0.3) is 0 Å². The molecule has 1 N–H and O–H groups in total. The van der Waals surface area contributed by atoms with Crippen LogP contribution in [-0.2, 0) is 12.7 Å². The minimum absolute atomic E-state index is 0.120. The molecule has 0 amide bonds. The summed E-state index contributed by atoms with van der Waals surface area (Å²) in [6, 6.07) is 18.7.